The molecule has 1 atom stereocenters. The second kappa shape index (κ2) is 10.6. The third-order valence-electron chi connectivity index (χ3n) is 4.54. The number of rotatable bonds is 10. The van der Waals surface area contributed by atoms with E-state index in [1.54, 1.807) is 13.8 Å². The van der Waals surface area contributed by atoms with Crippen LogP contribution in [0.4, 0.5) is 19.5 Å². The van der Waals surface area contributed by atoms with Gasteiger partial charge in [0.15, 0.2) is 5.69 Å². The number of anilines is 2. The zero-order valence-electron chi connectivity index (χ0n) is 18.0. The Hall–Kier alpha value is -3.25. The third kappa shape index (κ3) is 6.39. The summed E-state index contributed by atoms with van der Waals surface area (Å²) < 4.78 is 34.1. The molecular formula is C21H23F2N5O4S. The molecule has 12 heteroatoms. The van der Waals surface area contributed by atoms with Crippen LogP contribution in [0.3, 0.4) is 0 Å². The van der Waals surface area contributed by atoms with Gasteiger partial charge in [-0.05, 0) is 32.8 Å². The number of ether oxygens (including phenoxy) is 1. The number of carbonyl (C=O) groups is 2. The quantitative estimate of drug-likeness (QED) is 0.351. The molecule has 3 rings (SSSR count). The largest absolute Gasteiger partial charge is 0.476 e. The van der Waals surface area contributed by atoms with Crippen molar-refractivity contribution < 1.29 is 28.2 Å². The molecule has 0 radical (unpaired) electrons. The summed E-state index contributed by atoms with van der Waals surface area (Å²) in [6.45, 7) is 3.61. The molecule has 33 heavy (non-hydrogen) atoms. The normalized spacial score (nSPS) is 16.0. The van der Waals surface area contributed by atoms with Crippen LogP contribution >= 0.6 is 11.3 Å². The summed E-state index contributed by atoms with van der Waals surface area (Å²) in [6, 6.07) is 0. The lowest BCUT2D eigenvalue weighted by molar-refractivity contribution is -0.105. The molecule has 2 aromatic rings. The van der Waals surface area contributed by atoms with Crippen LogP contribution in [0.25, 0.3) is 5.57 Å². The van der Waals surface area contributed by atoms with E-state index < -0.39 is 23.5 Å². The van der Waals surface area contributed by atoms with Gasteiger partial charge in [-0.3, -0.25) is 9.59 Å². The molecule has 0 aliphatic heterocycles. The molecule has 1 aliphatic carbocycles. The van der Waals surface area contributed by atoms with E-state index in [2.05, 4.69) is 25.6 Å². The predicted molar refractivity (Wildman–Crippen MR) is 119 cm³/mol. The van der Waals surface area contributed by atoms with Gasteiger partial charge in [0.05, 0.1) is 24.0 Å². The molecule has 0 fully saturated rings. The average Bonchev–Trinajstić information content (AvgIpc) is 3.15. The molecule has 0 saturated carbocycles. The van der Waals surface area contributed by atoms with E-state index in [0.717, 1.165) is 17.4 Å². The summed E-state index contributed by atoms with van der Waals surface area (Å²) in [5, 5.41) is 14.7. The number of nitrogens with zero attached hydrogens (tertiary/aromatic N) is 3. The molecule has 9 nitrogen and oxygen atoms in total. The Labute approximate surface area is 192 Å². The molecule has 2 amide bonds. The second-order valence-corrected chi connectivity index (χ2v) is 8.79. The van der Waals surface area contributed by atoms with Crippen molar-refractivity contribution in [3.63, 3.8) is 0 Å². The monoisotopic (exact) mass is 479 g/mol. The van der Waals surface area contributed by atoms with Gasteiger partial charge in [0.2, 0.25) is 12.3 Å². The van der Waals surface area contributed by atoms with Gasteiger partial charge in [-0.15, -0.1) is 0 Å². The Bertz CT molecular complexity index is 1080. The molecule has 0 spiro atoms. The van der Waals surface area contributed by atoms with Crippen molar-refractivity contribution in [1.29, 1.82) is 0 Å². The Morgan fingerprint density at radius 2 is 2.24 bits per heavy atom. The number of amides is 2. The van der Waals surface area contributed by atoms with Crippen LogP contribution < -0.4 is 15.4 Å². The van der Waals surface area contributed by atoms with Gasteiger partial charge in [0, 0.05) is 6.42 Å². The van der Waals surface area contributed by atoms with E-state index in [-0.39, 0.29) is 45.9 Å². The minimum atomic E-state index is -1.62. The van der Waals surface area contributed by atoms with Crippen LogP contribution in [-0.4, -0.2) is 50.8 Å². The Kier molecular flexibility index (Phi) is 7.82. The molecule has 2 aromatic heterocycles. The third-order valence-corrected chi connectivity index (χ3v) is 5.56. The minimum absolute atomic E-state index is 0.0180. The fourth-order valence-electron chi connectivity index (χ4n) is 3.00. The zero-order chi connectivity index (χ0) is 24.0. The van der Waals surface area contributed by atoms with E-state index in [0.29, 0.717) is 19.3 Å². The van der Waals surface area contributed by atoms with Gasteiger partial charge in [0.1, 0.15) is 34.0 Å². The highest BCUT2D eigenvalue weighted by Gasteiger charge is 2.28. The molecule has 0 saturated heterocycles. The highest BCUT2D eigenvalue weighted by Crippen LogP contribution is 2.37. The van der Waals surface area contributed by atoms with Crippen molar-refractivity contribution >= 4 is 39.9 Å². The molecular weight excluding hydrogens is 456 g/mol. The topological polar surface area (TPSA) is 126 Å². The van der Waals surface area contributed by atoms with Crippen molar-refractivity contribution in [2.75, 3.05) is 17.2 Å². The number of aliphatic hydroxyl groups is 1. The highest BCUT2D eigenvalue weighted by atomic mass is 32.1. The first-order valence-electron chi connectivity index (χ1n) is 10.1. The van der Waals surface area contributed by atoms with E-state index in [1.807, 2.05) is 0 Å². The van der Waals surface area contributed by atoms with Gasteiger partial charge < -0.3 is 20.5 Å². The second-order valence-electron chi connectivity index (χ2n) is 7.79. The number of halogens is 2. The molecule has 3 N–H and O–H groups in total. The molecule has 1 unspecified atom stereocenters. The Morgan fingerprint density at radius 1 is 1.45 bits per heavy atom. The van der Waals surface area contributed by atoms with Crippen LogP contribution in [0, 0.1) is 0 Å². The fourth-order valence-corrected chi connectivity index (χ4v) is 4.01. The SMILES string of the molecule is CC(C)(O)CCCOc1ncncc1NC(=O)c1nc(C2=C(F)C=CCC2F)sc1NC=O. The molecule has 176 valence electrons. The van der Waals surface area contributed by atoms with E-state index in [9.17, 15) is 23.5 Å². The zero-order valence-corrected chi connectivity index (χ0v) is 18.8. The molecule has 1 aliphatic rings. The summed E-state index contributed by atoms with van der Waals surface area (Å²) in [5.41, 5.74) is -1.18. The van der Waals surface area contributed by atoms with Crippen molar-refractivity contribution in [2.45, 2.75) is 44.9 Å². The summed E-state index contributed by atoms with van der Waals surface area (Å²) in [7, 11) is 0. The molecule has 2 heterocycles. The summed E-state index contributed by atoms with van der Waals surface area (Å²) in [5.74, 6) is -1.43. The molecule has 0 aromatic carbocycles. The van der Waals surface area contributed by atoms with Crippen molar-refractivity contribution in [3.8, 4) is 5.88 Å². The molecule has 0 bridgehead atoms. The number of hydrogen-bond acceptors (Lipinski definition) is 8. The van der Waals surface area contributed by atoms with Gasteiger partial charge in [0.25, 0.3) is 5.91 Å². The standard InChI is InChI=1S/C21H23F2N5O4S/c1-21(2,31)7-4-8-32-18-14(9-24-10-25-18)27-17(30)16-20(26-11-29)33-19(28-16)15-12(22)5-3-6-13(15)23/h3,5,9-11,13,31H,4,6-8H2,1-2H3,(H,26,29)(H,27,30). The fraction of sp³-hybridized carbons (Fsp3) is 0.381. The first-order valence-corrected chi connectivity index (χ1v) is 10.9. The predicted octanol–water partition coefficient (Wildman–Crippen LogP) is 3.66. The van der Waals surface area contributed by atoms with Crippen LogP contribution in [0.1, 0.15) is 48.6 Å². The van der Waals surface area contributed by atoms with E-state index in [1.165, 1.54) is 18.6 Å². The minimum Gasteiger partial charge on any atom is -0.476 e. The van der Waals surface area contributed by atoms with Crippen molar-refractivity contribution in [1.82, 2.24) is 15.0 Å². The van der Waals surface area contributed by atoms with Crippen molar-refractivity contribution in [2.24, 2.45) is 0 Å². The average molecular weight is 480 g/mol. The maximum absolute atomic E-state index is 14.3. The number of carbonyl (C=O) groups excluding carboxylic acids is 2. The van der Waals surface area contributed by atoms with Crippen LogP contribution in [0.15, 0.2) is 30.5 Å². The van der Waals surface area contributed by atoms with Gasteiger partial charge in [-0.25, -0.2) is 18.7 Å². The van der Waals surface area contributed by atoms with E-state index >= 15 is 0 Å². The summed E-state index contributed by atoms with van der Waals surface area (Å²) in [6.07, 6.45) is 4.83. The maximum atomic E-state index is 14.3. The Morgan fingerprint density at radius 3 is 2.94 bits per heavy atom. The smallest absolute Gasteiger partial charge is 0.277 e. The number of hydrogen-bond donors (Lipinski definition) is 3. The summed E-state index contributed by atoms with van der Waals surface area (Å²) in [4.78, 5) is 35.9. The first kappa shape index (κ1) is 24.4. The van der Waals surface area contributed by atoms with Crippen LogP contribution in [0.2, 0.25) is 0 Å². The first-order chi connectivity index (χ1) is 15.7. The van der Waals surface area contributed by atoms with Crippen LogP contribution in [-0.2, 0) is 4.79 Å². The number of aromatic nitrogens is 3. The lowest BCUT2D eigenvalue weighted by Gasteiger charge is -2.17. The maximum Gasteiger partial charge on any atom is 0.277 e. The number of thiazole rings is 1. The highest BCUT2D eigenvalue weighted by molar-refractivity contribution is 7.17. The Balaban J connectivity index is 1.80. The van der Waals surface area contributed by atoms with Gasteiger partial charge in [-0.2, -0.15) is 4.98 Å². The van der Waals surface area contributed by atoms with E-state index in [4.69, 9.17) is 4.74 Å². The van der Waals surface area contributed by atoms with Crippen LogP contribution in [0.5, 0.6) is 5.88 Å². The van der Waals surface area contributed by atoms with Gasteiger partial charge >= 0.3 is 0 Å². The lowest BCUT2D eigenvalue weighted by Crippen LogP contribution is -2.19. The number of nitrogens with one attached hydrogen (secondary N) is 2. The number of alkyl halides is 1. The summed E-state index contributed by atoms with van der Waals surface area (Å²) >= 11 is 0.788. The number of allylic oxidation sites excluding steroid dienone is 4. The van der Waals surface area contributed by atoms with Crippen molar-refractivity contribution in [3.05, 3.63) is 41.2 Å². The lowest BCUT2D eigenvalue weighted by atomic mass is 10.0. The van der Waals surface area contributed by atoms with Gasteiger partial charge in [-0.1, -0.05) is 17.4 Å².